The number of ether oxygens (including phenoxy) is 4. The summed E-state index contributed by atoms with van der Waals surface area (Å²) >= 11 is 0. The maximum atomic E-state index is 10.9. The van der Waals surface area contributed by atoms with Crippen LogP contribution < -0.4 is 22.5 Å². The summed E-state index contributed by atoms with van der Waals surface area (Å²) in [5, 5.41) is 45.3. The van der Waals surface area contributed by atoms with Crippen LogP contribution in [0.3, 0.4) is 0 Å². The Kier molecular flexibility index (Phi) is 8.27. The normalized spacial score (nSPS) is 51.6. The van der Waals surface area contributed by atoms with Crippen molar-refractivity contribution in [2.24, 2.45) is 17.2 Å². The zero-order chi connectivity index (χ0) is 22.9. The molecule has 0 radical (unpaired) electrons. The van der Waals surface area contributed by atoms with Crippen molar-refractivity contribution < 1.29 is 39.4 Å². The van der Waals surface area contributed by atoms with Gasteiger partial charge < -0.3 is 61.9 Å². The lowest BCUT2D eigenvalue weighted by Crippen LogP contribution is -2.67. The fourth-order valence-corrected chi connectivity index (χ4v) is 4.62. The van der Waals surface area contributed by atoms with Crippen molar-refractivity contribution in [1.82, 2.24) is 5.32 Å². The van der Waals surface area contributed by atoms with Gasteiger partial charge in [-0.25, -0.2) is 0 Å². The number of hydrogen-bond donors (Lipinski definition) is 8. The molecule has 3 fully saturated rings. The molecule has 1 aliphatic carbocycles. The number of nitrogens with one attached hydrogen (secondary N) is 1. The van der Waals surface area contributed by atoms with Crippen LogP contribution in [0.15, 0.2) is 0 Å². The van der Waals surface area contributed by atoms with E-state index >= 15 is 0 Å². The zero-order valence-electron chi connectivity index (χ0n) is 18.0. The number of aliphatic hydroxyl groups is 4. The van der Waals surface area contributed by atoms with Crippen LogP contribution in [0.5, 0.6) is 0 Å². The van der Waals surface area contributed by atoms with Gasteiger partial charge in [0.2, 0.25) is 0 Å². The second kappa shape index (κ2) is 10.2. The van der Waals surface area contributed by atoms with Gasteiger partial charge in [-0.2, -0.15) is 0 Å². The van der Waals surface area contributed by atoms with E-state index in [1.54, 1.807) is 7.05 Å². The number of rotatable bonds is 6. The highest BCUT2D eigenvalue weighted by Crippen LogP contribution is 2.31. The van der Waals surface area contributed by atoms with E-state index in [0.29, 0.717) is 19.4 Å². The number of nitrogens with two attached hydrogens (primary N) is 3. The van der Waals surface area contributed by atoms with Gasteiger partial charge in [-0.3, -0.25) is 0 Å². The largest absolute Gasteiger partial charge is 0.390 e. The molecule has 12 atom stereocenters. The highest BCUT2D eigenvalue weighted by atomic mass is 16.7. The lowest BCUT2D eigenvalue weighted by molar-refractivity contribution is -0.316. The van der Waals surface area contributed by atoms with Crippen LogP contribution in [-0.4, -0.2) is 114 Å². The first-order valence-corrected chi connectivity index (χ1v) is 10.8. The summed E-state index contributed by atoms with van der Waals surface area (Å²) in [6.07, 6.45) is -6.49. The average molecular weight is 451 g/mol. The van der Waals surface area contributed by atoms with E-state index in [4.69, 9.17) is 36.1 Å². The number of aliphatic hydroxyl groups excluding tert-OH is 3. The molecule has 0 bridgehead atoms. The molecule has 2 heterocycles. The zero-order valence-corrected chi connectivity index (χ0v) is 18.0. The Bertz CT molecular complexity index is 587. The van der Waals surface area contributed by atoms with Gasteiger partial charge in [-0.1, -0.05) is 0 Å². The first-order chi connectivity index (χ1) is 14.6. The minimum Gasteiger partial charge on any atom is -0.390 e. The fraction of sp³-hybridized carbons (Fsp3) is 1.00. The summed E-state index contributed by atoms with van der Waals surface area (Å²) < 4.78 is 23.0. The van der Waals surface area contributed by atoms with Gasteiger partial charge in [0.15, 0.2) is 12.6 Å². The second-order valence-electron chi connectivity index (χ2n) is 9.06. The molecule has 2 aliphatic heterocycles. The van der Waals surface area contributed by atoms with Gasteiger partial charge in [0.1, 0.15) is 30.0 Å². The molecular weight excluding hydrogens is 412 g/mol. The molecule has 1 saturated carbocycles. The van der Waals surface area contributed by atoms with E-state index < -0.39 is 66.8 Å². The molecule has 31 heavy (non-hydrogen) atoms. The summed E-state index contributed by atoms with van der Waals surface area (Å²) in [6.45, 7) is 1.75. The summed E-state index contributed by atoms with van der Waals surface area (Å²) in [6, 6.07) is -1.84. The summed E-state index contributed by atoms with van der Waals surface area (Å²) in [5.41, 5.74) is 16.6. The Labute approximate surface area is 181 Å². The molecule has 11 N–H and O–H groups in total. The third-order valence-electron chi connectivity index (χ3n) is 6.47. The highest BCUT2D eigenvalue weighted by Gasteiger charge is 2.51. The topological polar surface area (TPSA) is 208 Å². The van der Waals surface area contributed by atoms with Gasteiger partial charge in [-0.15, -0.1) is 0 Å². The number of likely N-dealkylation sites (N-methyl/N-ethyl adjacent to an activating group) is 1. The standard InChI is InChI=1S/C19H38N4O8/c1-19(27)7-28-18(13(26)16(19)23-2)31-15-11(24)5-10(22)14(12(15)25)30-17-9(21)4-3-8(6-20)29-17/h8-18,23-27H,3-7,20-22H2,1-2H3/t8-,9+,10-,11-,12+,13-,14-,15-,16+,17+,18+,19-/m0/s1. The van der Waals surface area contributed by atoms with E-state index in [2.05, 4.69) is 5.32 Å². The lowest BCUT2D eigenvalue weighted by atomic mass is 9.85. The van der Waals surface area contributed by atoms with Crippen molar-refractivity contribution in [3.8, 4) is 0 Å². The first kappa shape index (κ1) is 25.1. The molecule has 0 spiro atoms. The predicted octanol–water partition coefficient (Wildman–Crippen LogP) is -3.94. The molecule has 12 heteroatoms. The molecule has 3 rings (SSSR count). The molecule has 0 unspecified atom stereocenters. The Hall–Kier alpha value is -0.480. The van der Waals surface area contributed by atoms with Crippen molar-refractivity contribution in [2.75, 3.05) is 20.2 Å². The molecule has 0 aromatic rings. The minimum atomic E-state index is -1.33. The third-order valence-corrected chi connectivity index (χ3v) is 6.47. The first-order valence-electron chi connectivity index (χ1n) is 10.8. The predicted molar refractivity (Wildman–Crippen MR) is 108 cm³/mol. The van der Waals surface area contributed by atoms with Gasteiger partial charge in [-0.05, 0) is 33.2 Å². The van der Waals surface area contributed by atoms with Crippen LogP contribution in [-0.2, 0) is 18.9 Å². The Morgan fingerprint density at radius 3 is 2.35 bits per heavy atom. The third kappa shape index (κ3) is 5.37. The maximum Gasteiger partial charge on any atom is 0.185 e. The van der Waals surface area contributed by atoms with Crippen LogP contribution in [0.4, 0.5) is 0 Å². The minimum absolute atomic E-state index is 0.0880. The summed E-state index contributed by atoms with van der Waals surface area (Å²) in [5.74, 6) is 0. The molecule has 12 nitrogen and oxygen atoms in total. The molecule has 0 aromatic carbocycles. The SMILES string of the molecule is CN[C@@H]1[C@H](O)[C@@H](O[C@@H]2[C@H](O)[C@@H](O[C@H]3O[C@H](CN)CC[C@H]3N)[C@@H](N)C[C@@H]2O)OC[C@]1(C)O. The molecule has 3 aliphatic rings. The Morgan fingerprint density at radius 2 is 1.71 bits per heavy atom. The van der Waals surface area contributed by atoms with Gasteiger partial charge in [0.05, 0.1) is 30.9 Å². The molecule has 182 valence electrons. The fourth-order valence-electron chi connectivity index (χ4n) is 4.62. The molecule has 0 aromatic heterocycles. The molecule has 2 saturated heterocycles. The van der Waals surface area contributed by atoms with Crippen LogP contribution in [0.1, 0.15) is 26.2 Å². The second-order valence-corrected chi connectivity index (χ2v) is 9.06. The molecule has 0 amide bonds. The van der Waals surface area contributed by atoms with E-state index in [1.165, 1.54) is 6.92 Å². The smallest absolute Gasteiger partial charge is 0.185 e. The van der Waals surface area contributed by atoms with Crippen LogP contribution in [0.2, 0.25) is 0 Å². The monoisotopic (exact) mass is 450 g/mol. The Balaban J connectivity index is 1.68. The average Bonchev–Trinajstić information content (AvgIpc) is 2.71. The van der Waals surface area contributed by atoms with Crippen molar-refractivity contribution in [1.29, 1.82) is 0 Å². The summed E-state index contributed by atoms with van der Waals surface area (Å²) in [7, 11) is 1.60. The van der Waals surface area contributed by atoms with Crippen LogP contribution >= 0.6 is 0 Å². The van der Waals surface area contributed by atoms with Crippen molar-refractivity contribution in [3.05, 3.63) is 0 Å². The van der Waals surface area contributed by atoms with E-state index in [9.17, 15) is 20.4 Å². The van der Waals surface area contributed by atoms with Gasteiger partial charge in [0.25, 0.3) is 0 Å². The Morgan fingerprint density at radius 1 is 1.03 bits per heavy atom. The quantitative estimate of drug-likeness (QED) is 0.195. The van der Waals surface area contributed by atoms with E-state index in [-0.39, 0.29) is 19.1 Å². The maximum absolute atomic E-state index is 10.9. The lowest BCUT2D eigenvalue weighted by Gasteiger charge is -2.48. The van der Waals surface area contributed by atoms with E-state index in [0.717, 1.165) is 0 Å². The summed E-state index contributed by atoms with van der Waals surface area (Å²) in [4.78, 5) is 0. The number of hydrogen-bond acceptors (Lipinski definition) is 12. The highest BCUT2D eigenvalue weighted by molar-refractivity contribution is 5.00. The van der Waals surface area contributed by atoms with E-state index in [1.807, 2.05) is 0 Å². The van der Waals surface area contributed by atoms with Gasteiger partial charge >= 0.3 is 0 Å². The van der Waals surface area contributed by atoms with Crippen molar-refractivity contribution in [2.45, 2.75) is 99.1 Å². The molecular formula is C19H38N4O8. The van der Waals surface area contributed by atoms with Crippen molar-refractivity contribution >= 4 is 0 Å². The van der Waals surface area contributed by atoms with Crippen molar-refractivity contribution in [3.63, 3.8) is 0 Å². The van der Waals surface area contributed by atoms with Crippen LogP contribution in [0, 0.1) is 0 Å². The van der Waals surface area contributed by atoms with Crippen LogP contribution in [0.25, 0.3) is 0 Å². The van der Waals surface area contributed by atoms with Gasteiger partial charge in [0, 0.05) is 12.6 Å².